The zero-order chi connectivity index (χ0) is 14.0. The molecule has 0 radical (unpaired) electrons. The minimum absolute atomic E-state index is 0.433. The Balaban J connectivity index is 2.13. The van der Waals surface area contributed by atoms with E-state index in [0.717, 1.165) is 25.7 Å². The Labute approximate surface area is 113 Å². The predicted octanol–water partition coefficient (Wildman–Crippen LogP) is 2.84. The molecule has 106 valence electrons. The number of hydrogen-bond acceptors (Lipinski definition) is 4. The number of aromatic nitrogens is 2. The van der Waals surface area contributed by atoms with E-state index in [9.17, 15) is 9.90 Å². The third kappa shape index (κ3) is 2.80. The van der Waals surface area contributed by atoms with Crippen molar-refractivity contribution >= 4 is 5.97 Å². The molecule has 1 fully saturated rings. The first kappa shape index (κ1) is 14.0. The lowest BCUT2D eigenvalue weighted by molar-refractivity contribution is -0.152. The molecule has 0 amide bonds. The van der Waals surface area contributed by atoms with E-state index >= 15 is 0 Å². The van der Waals surface area contributed by atoms with Crippen LogP contribution in [0.3, 0.4) is 0 Å². The van der Waals surface area contributed by atoms with Gasteiger partial charge in [0.25, 0.3) is 0 Å². The summed E-state index contributed by atoms with van der Waals surface area (Å²) < 4.78 is 4.68. The molecule has 1 aliphatic carbocycles. The van der Waals surface area contributed by atoms with Crippen molar-refractivity contribution in [3.05, 3.63) is 11.4 Å². The third-order valence-corrected chi connectivity index (χ3v) is 4.64. The van der Waals surface area contributed by atoms with Gasteiger partial charge in [0.15, 0.2) is 0 Å². The Kier molecular flexibility index (Phi) is 3.92. The van der Waals surface area contributed by atoms with Crippen LogP contribution in [0.1, 0.15) is 50.9 Å². The summed E-state index contributed by atoms with van der Waals surface area (Å²) in [5.74, 6) is 0.559. The van der Waals surface area contributed by atoms with E-state index in [2.05, 4.69) is 28.8 Å². The number of carboxylic acid groups (broad SMARTS) is 1. The number of carbonyl (C=O) groups is 1. The molecule has 5 heteroatoms. The van der Waals surface area contributed by atoms with Gasteiger partial charge in [0, 0.05) is 6.42 Å². The Morgan fingerprint density at radius 2 is 2.05 bits per heavy atom. The third-order valence-electron chi connectivity index (χ3n) is 4.64. The molecule has 5 nitrogen and oxygen atoms in total. The van der Waals surface area contributed by atoms with E-state index in [-0.39, 0.29) is 0 Å². The van der Waals surface area contributed by atoms with Gasteiger partial charge >= 0.3 is 5.97 Å². The van der Waals surface area contributed by atoms with Crippen LogP contribution >= 0.6 is 0 Å². The number of hydrogen-bond donors (Lipinski definition) is 1. The molecule has 0 aliphatic heterocycles. The Morgan fingerprint density at radius 3 is 2.47 bits per heavy atom. The number of nitrogens with zero attached hydrogens (tertiary/aromatic N) is 2. The molecule has 0 aromatic carbocycles. The summed E-state index contributed by atoms with van der Waals surface area (Å²) in [6.07, 6.45) is 3.83. The molecule has 0 spiro atoms. The molecule has 1 aromatic rings. The molecular formula is C14H22N2O3. The van der Waals surface area contributed by atoms with E-state index in [1.54, 1.807) is 6.92 Å². The molecule has 1 heterocycles. The molecule has 1 aliphatic rings. The average molecular weight is 266 g/mol. The molecular weight excluding hydrogens is 244 g/mol. The SMILES string of the molecule is Cc1nonc1CC1(C(=O)O)CCC(C(C)C)CC1. The van der Waals surface area contributed by atoms with Crippen molar-refractivity contribution in [3.8, 4) is 0 Å². The van der Waals surface area contributed by atoms with Crippen LogP contribution in [0.15, 0.2) is 4.63 Å². The molecule has 0 unspecified atom stereocenters. The highest BCUT2D eigenvalue weighted by Gasteiger charge is 2.43. The fourth-order valence-corrected chi connectivity index (χ4v) is 3.06. The summed E-state index contributed by atoms with van der Waals surface area (Å²) in [6.45, 7) is 6.23. The first-order valence-electron chi connectivity index (χ1n) is 6.96. The van der Waals surface area contributed by atoms with Crippen molar-refractivity contribution in [3.63, 3.8) is 0 Å². The summed E-state index contributed by atoms with van der Waals surface area (Å²) in [7, 11) is 0. The normalized spacial score (nSPS) is 27.7. The van der Waals surface area contributed by atoms with Gasteiger partial charge in [-0.2, -0.15) is 0 Å². The van der Waals surface area contributed by atoms with Gasteiger partial charge in [0.2, 0.25) is 0 Å². The lowest BCUT2D eigenvalue weighted by Gasteiger charge is -2.37. The summed E-state index contributed by atoms with van der Waals surface area (Å²) in [4.78, 5) is 11.7. The fraction of sp³-hybridized carbons (Fsp3) is 0.786. The van der Waals surface area contributed by atoms with Crippen molar-refractivity contribution in [2.45, 2.75) is 52.9 Å². The zero-order valence-electron chi connectivity index (χ0n) is 11.8. The predicted molar refractivity (Wildman–Crippen MR) is 69.6 cm³/mol. The van der Waals surface area contributed by atoms with Gasteiger partial charge < -0.3 is 5.11 Å². The van der Waals surface area contributed by atoms with Crippen LogP contribution in [-0.4, -0.2) is 21.4 Å². The van der Waals surface area contributed by atoms with Gasteiger partial charge in [-0.3, -0.25) is 4.79 Å². The zero-order valence-corrected chi connectivity index (χ0v) is 11.8. The molecule has 0 saturated heterocycles. The first-order chi connectivity index (χ1) is 8.94. The van der Waals surface area contributed by atoms with Gasteiger partial charge in [-0.05, 0) is 44.4 Å². The highest BCUT2D eigenvalue weighted by molar-refractivity contribution is 5.75. The van der Waals surface area contributed by atoms with Gasteiger partial charge in [0.05, 0.1) is 5.41 Å². The Hall–Kier alpha value is -1.39. The molecule has 0 atom stereocenters. The summed E-state index contributed by atoms with van der Waals surface area (Å²) in [5, 5.41) is 17.2. The fourth-order valence-electron chi connectivity index (χ4n) is 3.06. The minimum atomic E-state index is -0.711. The highest BCUT2D eigenvalue weighted by atomic mass is 16.6. The number of aliphatic carboxylic acids is 1. The number of rotatable bonds is 4. The number of aryl methyl sites for hydroxylation is 1. The maximum atomic E-state index is 11.7. The Morgan fingerprint density at radius 1 is 1.42 bits per heavy atom. The smallest absolute Gasteiger partial charge is 0.310 e. The molecule has 19 heavy (non-hydrogen) atoms. The maximum Gasteiger partial charge on any atom is 0.310 e. The van der Waals surface area contributed by atoms with Crippen LogP contribution in [0.4, 0.5) is 0 Å². The van der Waals surface area contributed by atoms with Crippen LogP contribution in [0.25, 0.3) is 0 Å². The molecule has 1 N–H and O–H groups in total. The van der Waals surface area contributed by atoms with Gasteiger partial charge in [0.1, 0.15) is 11.4 Å². The second kappa shape index (κ2) is 5.31. The van der Waals surface area contributed by atoms with Crippen molar-refractivity contribution in [1.29, 1.82) is 0 Å². The summed E-state index contributed by atoms with van der Waals surface area (Å²) in [5.41, 5.74) is 0.700. The lowest BCUT2D eigenvalue weighted by atomic mass is 9.66. The topological polar surface area (TPSA) is 76.2 Å². The van der Waals surface area contributed by atoms with Crippen molar-refractivity contribution in [1.82, 2.24) is 10.3 Å². The quantitative estimate of drug-likeness (QED) is 0.906. The Bertz CT molecular complexity index is 445. The summed E-state index contributed by atoms with van der Waals surface area (Å²) in [6, 6.07) is 0. The average Bonchev–Trinajstić information content (AvgIpc) is 2.75. The standard InChI is InChI=1S/C14H22N2O3/c1-9(2)11-4-6-14(7-5-11,13(17)18)8-12-10(3)15-19-16-12/h9,11H,4-8H2,1-3H3,(H,17,18). The lowest BCUT2D eigenvalue weighted by Crippen LogP contribution is -2.38. The monoisotopic (exact) mass is 266 g/mol. The molecule has 0 bridgehead atoms. The van der Waals surface area contributed by atoms with E-state index in [4.69, 9.17) is 0 Å². The van der Waals surface area contributed by atoms with Gasteiger partial charge in [-0.15, -0.1) is 0 Å². The van der Waals surface area contributed by atoms with Crippen molar-refractivity contribution < 1.29 is 14.5 Å². The van der Waals surface area contributed by atoms with E-state index in [0.29, 0.717) is 29.6 Å². The van der Waals surface area contributed by atoms with E-state index in [1.165, 1.54) is 0 Å². The molecule has 2 rings (SSSR count). The second-order valence-electron chi connectivity index (χ2n) is 6.14. The van der Waals surface area contributed by atoms with Crippen LogP contribution in [0.2, 0.25) is 0 Å². The molecule has 1 saturated carbocycles. The van der Waals surface area contributed by atoms with Crippen LogP contribution in [0.5, 0.6) is 0 Å². The van der Waals surface area contributed by atoms with Crippen LogP contribution in [0, 0.1) is 24.2 Å². The second-order valence-corrected chi connectivity index (χ2v) is 6.14. The van der Waals surface area contributed by atoms with Gasteiger partial charge in [-0.1, -0.05) is 24.2 Å². The highest BCUT2D eigenvalue weighted by Crippen LogP contribution is 2.43. The van der Waals surface area contributed by atoms with E-state index in [1.807, 2.05) is 0 Å². The van der Waals surface area contributed by atoms with Gasteiger partial charge in [-0.25, -0.2) is 4.63 Å². The minimum Gasteiger partial charge on any atom is -0.481 e. The maximum absolute atomic E-state index is 11.7. The first-order valence-corrected chi connectivity index (χ1v) is 6.96. The van der Waals surface area contributed by atoms with Crippen molar-refractivity contribution in [2.24, 2.45) is 17.3 Å². The largest absolute Gasteiger partial charge is 0.481 e. The van der Waals surface area contributed by atoms with E-state index < -0.39 is 11.4 Å². The van der Waals surface area contributed by atoms with Crippen LogP contribution < -0.4 is 0 Å². The number of carboxylic acids is 1. The summed E-state index contributed by atoms with van der Waals surface area (Å²) >= 11 is 0. The van der Waals surface area contributed by atoms with Crippen LogP contribution in [-0.2, 0) is 11.2 Å². The van der Waals surface area contributed by atoms with Crippen molar-refractivity contribution in [2.75, 3.05) is 0 Å². The molecule has 1 aromatic heterocycles.